The molecule has 22 heavy (non-hydrogen) atoms. The molecule has 5 heteroatoms. The number of methoxy groups -OCH3 is 1. The van der Waals surface area contributed by atoms with Crippen LogP contribution in [0.15, 0.2) is 21.3 Å². The number of ketones is 1. The summed E-state index contributed by atoms with van der Waals surface area (Å²) in [5.74, 6) is 0.111. The number of nitrogens with zero attached hydrogens (tertiary/aromatic N) is 3. The van der Waals surface area contributed by atoms with Gasteiger partial charge in [-0.3, -0.25) is 14.8 Å². The summed E-state index contributed by atoms with van der Waals surface area (Å²) in [4.78, 5) is 20.8. The average molecular weight is 301 g/mol. The van der Waals surface area contributed by atoms with Gasteiger partial charge in [0.25, 0.3) is 0 Å². The van der Waals surface area contributed by atoms with E-state index in [1.54, 1.807) is 14.2 Å². The smallest absolute Gasteiger partial charge is 0.213 e. The van der Waals surface area contributed by atoms with Gasteiger partial charge in [0.1, 0.15) is 5.92 Å². The van der Waals surface area contributed by atoms with Gasteiger partial charge < -0.3 is 4.74 Å². The Balaban J connectivity index is 2.58. The van der Waals surface area contributed by atoms with Crippen LogP contribution in [0.1, 0.15) is 33.1 Å². The Labute approximate surface area is 131 Å². The molecule has 1 fully saturated rings. The second kappa shape index (κ2) is 6.04. The van der Waals surface area contributed by atoms with Crippen LogP contribution in [0.25, 0.3) is 0 Å². The average Bonchev–Trinajstić information content (AvgIpc) is 2.51. The molecule has 4 atom stereocenters. The third-order valence-electron chi connectivity index (χ3n) is 5.34. The van der Waals surface area contributed by atoms with E-state index in [0.29, 0.717) is 12.3 Å². The number of fused-ring (bicyclic) bond motifs is 1. The first kappa shape index (κ1) is 16.4. The zero-order chi connectivity index (χ0) is 16.5. The molecule has 0 spiro atoms. The normalized spacial score (nSPS) is 35.7. The molecule has 118 valence electrons. The maximum Gasteiger partial charge on any atom is 0.213 e. The van der Waals surface area contributed by atoms with Crippen molar-refractivity contribution < 1.29 is 9.53 Å². The predicted octanol–water partition coefficient (Wildman–Crippen LogP) is 2.78. The van der Waals surface area contributed by atoms with E-state index in [1.165, 1.54) is 0 Å². The quantitative estimate of drug-likeness (QED) is 0.581. The van der Waals surface area contributed by atoms with E-state index in [1.807, 2.05) is 6.92 Å². The van der Waals surface area contributed by atoms with Crippen molar-refractivity contribution in [1.29, 1.82) is 5.26 Å². The van der Waals surface area contributed by atoms with Gasteiger partial charge in [-0.1, -0.05) is 13.8 Å². The molecule has 0 heterocycles. The van der Waals surface area contributed by atoms with Gasteiger partial charge in [-0.15, -0.1) is 0 Å². The Bertz CT molecular complexity index is 600. The fourth-order valence-corrected chi connectivity index (χ4v) is 4.29. The monoisotopic (exact) mass is 301 g/mol. The number of Topliss-reactive ketones (excluding diaryl/α,β-unsaturated/α-hetero) is 1. The highest BCUT2D eigenvalue weighted by molar-refractivity contribution is 5.95. The third-order valence-corrected chi connectivity index (χ3v) is 5.34. The Morgan fingerprint density at radius 1 is 1.55 bits per heavy atom. The third kappa shape index (κ3) is 2.27. The van der Waals surface area contributed by atoms with Crippen LogP contribution >= 0.6 is 0 Å². The SMILES string of the molecule is C=NC1=C(C(=NC)OC)CC[C@H]2[C@H](C)C(=O)C(C#N)C[C@]12C. The molecule has 0 saturated heterocycles. The van der Waals surface area contributed by atoms with Crippen LogP contribution in [0.3, 0.4) is 0 Å². The van der Waals surface area contributed by atoms with Gasteiger partial charge in [0, 0.05) is 24.0 Å². The van der Waals surface area contributed by atoms with Crippen molar-refractivity contribution >= 4 is 18.4 Å². The van der Waals surface area contributed by atoms with Gasteiger partial charge in [0.2, 0.25) is 5.90 Å². The highest BCUT2D eigenvalue weighted by Crippen LogP contribution is 2.55. The van der Waals surface area contributed by atoms with E-state index in [-0.39, 0.29) is 23.0 Å². The second-order valence-corrected chi connectivity index (χ2v) is 6.36. The molecule has 0 N–H and O–H groups in total. The van der Waals surface area contributed by atoms with Crippen LogP contribution in [0.4, 0.5) is 0 Å². The summed E-state index contributed by atoms with van der Waals surface area (Å²) < 4.78 is 5.37. The topological polar surface area (TPSA) is 74.8 Å². The Kier molecular flexibility index (Phi) is 4.50. The van der Waals surface area contributed by atoms with Crippen molar-refractivity contribution in [3.05, 3.63) is 11.3 Å². The maximum absolute atomic E-state index is 12.3. The minimum absolute atomic E-state index is 0.0629. The second-order valence-electron chi connectivity index (χ2n) is 6.36. The Morgan fingerprint density at radius 2 is 2.23 bits per heavy atom. The van der Waals surface area contributed by atoms with Crippen molar-refractivity contribution in [3.8, 4) is 6.07 Å². The molecule has 0 bridgehead atoms. The number of hydrogen-bond acceptors (Lipinski definition) is 5. The van der Waals surface area contributed by atoms with Crippen molar-refractivity contribution in [2.45, 2.75) is 33.1 Å². The highest BCUT2D eigenvalue weighted by atomic mass is 16.5. The first-order chi connectivity index (χ1) is 10.4. The number of carbonyl (C=O) groups excluding carboxylic acids is 1. The molecule has 2 aliphatic rings. The molecule has 2 aliphatic carbocycles. The first-order valence-electron chi connectivity index (χ1n) is 7.59. The van der Waals surface area contributed by atoms with Gasteiger partial charge in [0.05, 0.1) is 18.9 Å². The fraction of sp³-hybridized carbons (Fsp3) is 0.647. The van der Waals surface area contributed by atoms with E-state index in [4.69, 9.17) is 4.74 Å². The van der Waals surface area contributed by atoms with E-state index < -0.39 is 5.92 Å². The maximum atomic E-state index is 12.3. The number of carbonyl (C=O) groups is 1. The summed E-state index contributed by atoms with van der Waals surface area (Å²) in [7, 11) is 3.28. The first-order valence-corrected chi connectivity index (χ1v) is 7.59. The number of allylic oxidation sites excluding steroid dienone is 1. The van der Waals surface area contributed by atoms with E-state index in [9.17, 15) is 10.1 Å². The molecule has 1 unspecified atom stereocenters. The summed E-state index contributed by atoms with van der Waals surface area (Å²) in [6.07, 6.45) is 2.14. The zero-order valence-electron chi connectivity index (χ0n) is 13.7. The predicted molar refractivity (Wildman–Crippen MR) is 85.7 cm³/mol. The highest BCUT2D eigenvalue weighted by Gasteiger charge is 2.53. The number of rotatable bonds is 2. The molecule has 0 aromatic heterocycles. The summed E-state index contributed by atoms with van der Waals surface area (Å²) in [5, 5.41) is 9.33. The van der Waals surface area contributed by atoms with Crippen LogP contribution in [-0.2, 0) is 9.53 Å². The number of aliphatic imine (C=N–C) groups is 2. The van der Waals surface area contributed by atoms with Crippen LogP contribution < -0.4 is 0 Å². The summed E-state index contributed by atoms with van der Waals surface area (Å²) in [6.45, 7) is 7.76. The van der Waals surface area contributed by atoms with E-state index in [2.05, 4.69) is 29.7 Å². The molecule has 0 aromatic carbocycles. The Hall–Kier alpha value is -1.96. The van der Waals surface area contributed by atoms with Gasteiger partial charge >= 0.3 is 0 Å². The van der Waals surface area contributed by atoms with Crippen LogP contribution in [0, 0.1) is 34.5 Å². The fourth-order valence-electron chi connectivity index (χ4n) is 4.29. The molecular formula is C17H23N3O2. The summed E-state index contributed by atoms with van der Waals surface area (Å²) in [6, 6.07) is 2.16. The molecule has 0 amide bonds. The molecule has 5 nitrogen and oxygen atoms in total. The molecule has 1 saturated carbocycles. The molecule has 2 rings (SSSR count). The molecule has 0 aliphatic heterocycles. The van der Waals surface area contributed by atoms with E-state index >= 15 is 0 Å². The molecular weight excluding hydrogens is 278 g/mol. The van der Waals surface area contributed by atoms with Gasteiger partial charge in [0.15, 0.2) is 5.78 Å². The van der Waals surface area contributed by atoms with Crippen molar-refractivity contribution in [3.63, 3.8) is 0 Å². The minimum Gasteiger partial charge on any atom is -0.481 e. The van der Waals surface area contributed by atoms with Gasteiger partial charge in [-0.2, -0.15) is 5.26 Å². The molecule has 0 radical (unpaired) electrons. The minimum atomic E-state index is -0.572. The van der Waals surface area contributed by atoms with Crippen LogP contribution in [0.2, 0.25) is 0 Å². The number of hydrogen-bond donors (Lipinski definition) is 0. The summed E-state index contributed by atoms with van der Waals surface area (Å²) in [5.41, 5.74) is 1.46. The summed E-state index contributed by atoms with van der Waals surface area (Å²) >= 11 is 0. The zero-order valence-corrected chi connectivity index (χ0v) is 13.7. The molecule has 0 aromatic rings. The number of ether oxygens (including phenoxy) is 1. The van der Waals surface area contributed by atoms with Crippen molar-refractivity contribution in [1.82, 2.24) is 0 Å². The lowest BCUT2D eigenvalue weighted by Crippen LogP contribution is -2.48. The standard InChI is InChI=1S/C17H23N3O2/c1-10-13-7-6-12(16(20-4)22-5)15(19-3)17(13,2)8-11(9-18)14(10)21/h10-11,13H,3,6-8H2,1-2,4-5H3/t10-,11?,13-,17-/m0/s1. The van der Waals surface area contributed by atoms with Gasteiger partial charge in [-0.05, 0) is 31.9 Å². The van der Waals surface area contributed by atoms with Crippen LogP contribution in [-0.4, -0.2) is 32.6 Å². The van der Waals surface area contributed by atoms with Crippen molar-refractivity contribution in [2.75, 3.05) is 14.2 Å². The van der Waals surface area contributed by atoms with E-state index in [0.717, 1.165) is 24.1 Å². The van der Waals surface area contributed by atoms with Crippen LogP contribution in [0.5, 0.6) is 0 Å². The lowest BCUT2D eigenvalue weighted by Gasteiger charge is -2.49. The number of nitriles is 1. The van der Waals surface area contributed by atoms with Crippen molar-refractivity contribution in [2.24, 2.45) is 33.2 Å². The largest absolute Gasteiger partial charge is 0.481 e. The lowest BCUT2D eigenvalue weighted by atomic mass is 9.54. The Morgan fingerprint density at radius 3 is 2.73 bits per heavy atom. The lowest BCUT2D eigenvalue weighted by molar-refractivity contribution is -0.133. The van der Waals surface area contributed by atoms with Gasteiger partial charge in [-0.25, -0.2) is 0 Å².